The Balaban J connectivity index is 1.89. The fourth-order valence-electron chi connectivity index (χ4n) is 2.90. The summed E-state index contributed by atoms with van der Waals surface area (Å²) in [4.78, 5) is 12.0. The first-order valence-electron chi connectivity index (χ1n) is 7.19. The minimum absolute atomic E-state index is 0.237. The molecule has 0 aliphatic carbocycles. The third-order valence-corrected chi connectivity index (χ3v) is 3.95. The van der Waals surface area contributed by atoms with Crippen LogP contribution in [-0.4, -0.2) is 30.4 Å². The quantitative estimate of drug-likeness (QED) is 0.901. The number of nitrogens with one attached hydrogen (secondary N) is 1. The summed E-state index contributed by atoms with van der Waals surface area (Å²) in [6.45, 7) is 5.16. The maximum Gasteiger partial charge on any atom is 0.420 e. The number of oxazole rings is 1. The van der Waals surface area contributed by atoms with Crippen LogP contribution in [0.15, 0.2) is 33.5 Å². The van der Waals surface area contributed by atoms with Crippen molar-refractivity contribution in [3.63, 3.8) is 0 Å². The van der Waals surface area contributed by atoms with Gasteiger partial charge in [0, 0.05) is 25.1 Å². The maximum atomic E-state index is 12.0. The van der Waals surface area contributed by atoms with Crippen molar-refractivity contribution >= 4 is 11.1 Å². The van der Waals surface area contributed by atoms with Gasteiger partial charge in [0.2, 0.25) is 0 Å². The molecule has 20 heavy (non-hydrogen) atoms. The molecule has 1 aromatic heterocycles. The van der Waals surface area contributed by atoms with Crippen LogP contribution in [0.4, 0.5) is 0 Å². The molecule has 3 rings (SSSR count). The molecule has 1 aromatic carbocycles. The van der Waals surface area contributed by atoms with Crippen LogP contribution in [0, 0.1) is 5.92 Å². The Morgan fingerprint density at radius 1 is 1.45 bits per heavy atom. The molecule has 0 saturated carbocycles. The van der Waals surface area contributed by atoms with E-state index >= 15 is 0 Å². The van der Waals surface area contributed by atoms with E-state index in [0.29, 0.717) is 18.0 Å². The van der Waals surface area contributed by atoms with Gasteiger partial charge in [-0.25, -0.2) is 4.79 Å². The number of fused-ring (bicyclic) bond motifs is 1. The Labute approximate surface area is 117 Å². The lowest BCUT2D eigenvalue weighted by Crippen LogP contribution is -2.41. The van der Waals surface area contributed by atoms with Crippen molar-refractivity contribution in [3.8, 4) is 0 Å². The molecule has 0 bridgehead atoms. The van der Waals surface area contributed by atoms with E-state index in [4.69, 9.17) is 9.15 Å². The lowest BCUT2D eigenvalue weighted by atomic mass is 9.99. The molecule has 2 heterocycles. The lowest BCUT2D eigenvalue weighted by molar-refractivity contribution is 0.173. The third-order valence-electron chi connectivity index (χ3n) is 3.95. The zero-order valence-corrected chi connectivity index (χ0v) is 11.7. The van der Waals surface area contributed by atoms with Gasteiger partial charge in [0.1, 0.15) is 0 Å². The SMILES string of the molecule is CCNC(Cn1c(=O)oc2ccccc21)C1CCOC1. The normalized spacial score (nSPS) is 20.6. The van der Waals surface area contributed by atoms with E-state index in [-0.39, 0.29) is 11.8 Å². The number of hydrogen-bond acceptors (Lipinski definition) is 4. The second kappa shape index (κ2) is 5.81. The molecule has 5 nitrogen and oxygen atoms in total. The molecule has 2 aromatic rings. The van der Waals surface area contributed by atoms with Crippen molar-refractivity contribution in [1.82, 2.24) is 9.88 Å². The van der Waals surface area contributed by atoms with Crippen molar-refractivity contribution < 1.29 is 9.15 Å². The fourth-order valence-corrected chi connectivity index (χ4v) is 2.90. The molecule has 1 N–H and O–H groups in total. The van der Waals surface area contributed by atoms with E-state index in [1.165, 1.54) is 0 Å². The molecule has 2 atom stereocenters. The first kappa shape index (κ1) is 13.4. The summed E-state index contributed by atoms with van der Waals surface area (Å²) in [5.74, 6) is 0.170. The highest BCUT2D eigenvalue weighted by atomic mass is 16.5. The molecular weight excluding hydrogens is 256 g/mol. The first-order valence-corrected chi connectivity index (χ1v) is 7.19. The largest absolute Gasteiger partial charge is 0.420 e. The summed E-state index contributed by atoms with van der Waals surface area (Å²) >= 11 is 0. The number of likely N-dealkylation sites (N-methyl/N-ethyl adjacent to an activating group) is 1. The average Bonchev–Trinajstić information content (AvgIpc) is 3.07. The number of benzene rings is 1. The molecule has 2 unspecified atom stereocenters. The molecule has 108 valence electrons. The standard InChI is InChI=1S/C15H20N2O3/c1-2-16-12(11-7-8-19-10-11)9-17-13-5-3-4-6-14(13)20-15(17)18/h3-6,11-12,16H,2,7-10H2,1H3. The predicted octanol–water partition coefficient (Wildman–Crippen LogP) is 1.61. The van der Waals surface area contributed by atoms with Crippen molar-refractivity contribution in [2.75, 3.05) is 19.8 Å². The highest BCUT2D eigenvalue weighted by molar-refractivity contribution is 5.72. The van der Waals surface area contributed by atoms with Crippen LogP contribution in [0.5, 0.6) is 0 Å². The zero-order chi connectivity index (χ0) is 13.9. The Bertz CT molecular complexity index is 625. The Kier molecular flexibility index (Phi) is 3.89. The summed E-state index contributed by atoms with van der Waals surface area (Å²) in [5.41, 5.74) is 1.51. The third kappa shape index (κ3) is 2.51. The van der Waals surface area contributed by atoms with Crippen LogP contribution in [-0.2, 0) is 11.3 Å². The van der Waals surface area contributed by atoms with Gasteiger partial charge in [-0.15, -0.1) is 0 Å². The van der Waals surface area contributed by atoms with Crippen LogP contribution in [0.1, 0.15) is 13.3 Å². The van der Waals surface area contributed by atoms with Gasteiger partial charge >= 0.3 is 5.76 Å². The van der Waals surface area contributed by atoms with Crippen LogP contribution < -0.4 is 11.1 Å². The molecule has 1 saturated heterocycles. The van der Waals surface area contributed by atoms with Gasteiger partial charge in [-0.05, 0) is 25.1 Å². The molecule has 0 amide bonds. The monoisotopic (exact) mass is 276 g/mol. The zero-order valence-electron chi connectivity index (χ0n) is 11.7. The van der Waals surface area contributed by atoms with E-state index in [9.17, 15) is 4.79 Å². The Morgan fingerprint density at radius 3 is 3.05 bits per heavy atom. The van der Waals surface area contributed by atoms with Gasteiger partial charge < -0.3 is 14.5 Å². The highest BCUT2D eigenvalue weighted by Crippen LogP contribution is 2.19. The number of hydrogen-bond donors (Lipinski definition) is 1. The summed E-state index contributed by atoms with van der Waals surface area (Å²) in [6, 6.07) is 7.79. The lowest BCUT2D eigenvalue weighted by Gasteiger charge is -2.23. The molecule has 1 aliphatic rings. The van der Waals surface area contributed by atoms with E-state index in [0.717, 1.165) is 31.7 Å². The second-order valence-electron chi connectivity index (χ2n) is 5.23. The van der Waals surface area contributed by atoms with Crippen LogP contribution in [0.3, 0.4) is 0 Å². The average molecular weight is 276 g/mol. The molecular formula is C15H20N2O3. The molecule has 0 spiro atoms. The van der Waals surface area contributed by atoms with Gasteiger partial charge in [-0.3, -0.25) is 4.57 Å². The summed E-state index contributed by atoms with van der Waals surface area (Å²) < 4.78 is 12.5. The minimum Gasteiger partial charge on any atom is -0.408 e. The number of aromatic nitrogens is 1. The smallest absolute Gasteiger partial charge is 0.408 e. The summed E-state index contributed by atoms with van der Waals surface area (Å²) in [7, 11) is 0. The summed E-state index contributed by atoms with van der Waals surface area (Å²) in [6.07, 6.45) is 1.04. The Hall–Kier alpha value is -1.59. The number of para-hydroxylation sites is 2. The number of rotatable bonds is 5. The van der Waals surface area contributed by atoms with Crippen molar-refractivity contribution in [2.45, 2.75) is 25.9 Å². The number of ether oxygens (including phenoxy) is 1. The second-order valence-corrected chi connectivity index (χ2v) is 5.23. The predicted molar refractivity (Wildman–Crippen MR) is 76.9 cm³/mol. The minimum atomic E-state index is -0.284. The highest BCUT2D eigenvalue weighted by Gasteiger charge is 2.26. The molecule has 1 aliphatic heterocycles. The van der Waals surface area contributed by atoms with E-state index in [1.807, 2.05) is 24.3 Å². The maximum absolute atomic E-state index is 12.0. The van der Waals surface area contributed by atoms with Gasteiger partial charge in [-0.1, -0.05) is 19.1 Å². The van der Waals surface area contributed by atoms with Crippen LogP contribution in [0.25, 0.3) is 11.1 Å². The van der Waals surface area contributed by atoms with Crippen LogP contribution >= 0.6 is 0 Å². The van der Waals surface area contributed by atoms with Gasteiger partial charge in [0.25, 0.3) is 0 Å². The van der Waals surface area contributed by atoms with E-state index in [2.05, 4.69) is 12.2 Å². The van der Waals surface area contributed by atoms with Gasteiger partial charge in [0.15, 0.2) is 5.58 Å². The van der Waals surface area contributed by atoms with Crippen molar-refractivity contribution in [3.05, 3.63) is 34.8 Å². The van der Waals surface area contributed by atoms with E-state index < -0.39 is 0 Å². The van der Waals surface area contributed by atoms with Gasteiger partial charge in [0.05, 0.1) is 12.1 Å². The molecule has 1 fully saturated rings. The fraction of sp³-hybridized carbons (Fsp3) is 0.533. The summed E-state index contributed by atoms with van der Waals surface area (Å²) in [5, 5.41) is 3.47. The first-order chi connectivity index (χ1) is 9.79. The van der Waals surface area contributed by atoms with Crippen molar-refractivity contribution in [2.24, 2.45) is 5.92 Å². The van der Waals surface area contributed by atoms with Crippen molar-refractivity contribution in [1.29, 1.82) is 0 Å². The topological polar surface area (TPSA) is 56.4 Å². The molecule has 5 heteroatoms. The molecule has 0 radical (unpaired) electrons. The Morgan fingerprint density at radius 2 is 2.30 bits per heavy atom. The van der Waals surface area contributed by atoms with Crippen LogP contribution in [0.2, 0.25) is 0 Å². The van der Waals surface area contributed by atoms with E-state index in [1.54, 1.807) is 4.57 Å². The number of nitrogens with zero attached hydrogens (tertiary/aromatic N) is 1. The van der Waals surface area contributed by atoms with Gasteiger partial charge in [-0.2, -0.15) is 0 Å².